The Kier molecular flexibility index (Phi) is 9.59. The molecule has 0 spiro atoms. The van der Waals surface area contributed by atoms with E-state index in [2.05, 4.69) is 17.2 Å². The normalized spacial score (nSPS) is 17.5. The van der Waals surface area contributed by atoms with Crippen molar-refractivity contribution in [2.75, 3.05) is 11.9 Å². The average Bonchev–Trinajstić information content (AvgIpc) is 2.75. The third-order valence-corrected chi connectivity index (χ3v) is 6.72. The molecule has 0 saturated carbocycles. The fourth-order valence-electron chi connectivity index (χ4n) is 3.41. The van der Waals surface area contributed by atoms with Crippen molar-refractivity contribution in [1.29, 1.82) is 0 Å². The smallest absolute Gasteiger partial charge is 0.238 e. The number of anilines is 1. The Labute approximate surface area is 207 Å². The highest BCUT2D eigenvalue weighted by atomic mass is 35.5. The minimum atomic E-state index is -0.661. The molecule has 2 aromatic rings. The molecule has 1 heterocycles. The van der Waals surface area contributed by atoms with Gasteiger partial charge in [-0.05, 0) is 48.9 Å². The van der Waals surface area contributed by atoms with Gasteiger partial charge in [0.2, 0.25) is 11.8 Å². The summed E-state index contributed by atoms with van der Waals surface area (Å²) in [6, 6.07) is 10.5. The van der Waals surface area contributed by atoms with E-state index in [0.29, 0.717) is 33.1 Å². The Hall–Kier alpha value is -2.09. The predicted molar refractivity (Wildman–Crippen MR) is 135 cm³/mol. The molecule has 1 fully saturated rings. The number of amidine groups is 1. The van der Waals surface area contributed by atoms with E-state index in [1.54, 1.807) is 35.2 Å². The summed E-state index contributed by atoms with van der Waals surface area (Å²) < 4.78 is 13.3. The van der Waals surface area contributed by atoms with Crippen LogP contribution < -0.4 is 5.32 Å². The Morgan fingerprint density at radius 3 is 2.45 bits per heavy atom. The van der Waals surface area contributed by atoms with Crippen LogP contribution in [-0.2, 0) is 9.59 Å². The second kappa shape index (κ2) is 12.4. The summed E-state index contributed by atoms with van der Waals surface area (Å²) in [5.74, 6) is -0.855. The zero-order chi connectivity index (χ0) is 23.8. The minimum Gasteiger partial charge on any atom is -0.325 e. The van der Waals surface area contributed by atoms with Gasteiger partial charge in [-0.2, -0.15) is 0 Å². The van der Waals surface area contributed by atoms with E-state index in [1.165, 1.54) is 23.9 Å². The number of hydrogen-bond donors (Lipinski definition) is 1. The Bertz CT molecular complexity index is 997. The molecule has 2 aromatic carbocycles. The number of halogens is 3. The van der Waals surface area contributed by atoms with Crippen molar-refractivity contribution < 1.29 is 14.0 Å². The number of nitrogens with zero attached hydrogens (tertiary/aromatic N) is 2. The molecule has 0 aromatic heterocycles. The number of carbonyl (C=O) groups is 2. The van der Waals surface area contributed by atoms with Crippen molar-refractivity contribution >= 4 is 63.3 Å². The lowest BCUT2D eigenvalue weighted by atomic mass is 10.1. The zero-order valence-corrected chi connectivity index (χ0v) is 20.6. The average molecular weight is 510 g/mol. The summed E-state index contributed by atoms with van der Waals surface area (Å²) >= 11 is 13.3. The Morgan fingerprint density at radius 2 is 1.79 bits per heavy atom. The van der Waals surface area contributed by atoms with Gasteiger partial charge in [-0.1, -0.05) is 67.6 Å². The first-order valence-corrected chi connectivity index (χ1v) is 12.6. The van der Waals surface area contributed by atoms with Gasteiger partial charge in [-0.25, -0.2) is 9.38 Å². The van der Waals surface area contributed by atoms with Gasteiger partial charge >= 0.3 is 0 Å². The molecule has 1 atom stereocenters. The molecule has 1 N–H and O–H groups in total. The molecule has 1 saturated heterocycles. The van der Waals surface area contributed by atoms with Crippen LogP contribution in [0.15, 0.2) is 47.5 Å². The van der Waals surface area contributed by atoms with Gasteiger partial charge in [0.15, 0.2) is 5.17 Å². The summed E-state index contributed by atoms with van der Waals surface area (Å²) in [6.07, 6.45) is 5.35. The Morgan fingerprint density at radius 1 is 1.12 bits per heavy atom. The summed E-state index contributed by atoms with van der Waals surface area (Å²) in [7, 11) is 0. The largest absolute Gasteiger partial charge is 0.325 e. The van der Waals surface area contributed by atoms with Crippen molar-refractivity contribution in [3.05, 3.63) is 58.3 Å². The molecule has 33 heavy (non-hydrogen) atoms. The summed E-state index contributed by atoms with van der Waals surface area (Å²) in [6.45, 7) is 2.69. The quantitative estimate of drug-likeness (QED) is 0.367. The van der Waals surface area contributed by atoms with Crippen molar-refractivity contribution in [3.63, 3.8) is 0 Å². The maximum atomic E-state index is 13.3. The first-order chi connectivity index (χ1) is 15.9. The topological polar surface area (TPSA) is 61.8 Å². The fraction of sp³-hybridized carbons (Fsp3) is 0.375. The summed E-state index contributed by atoms with van der Waals surface area (Å²) in [5.41, 5.74) is 0.978. The van der Waals surface area contributed by atoms with E-state index in [-0.39, 0.29) is 24.1 Å². The molecule has 0 aliphatic carbocycles. The number of carbonyl (C=O) groups excluding carboxylic acids is 2. The second-order valence-electron chi connectivity index (χ2n) is 7.79. The molecule has 1 aliphatic rings. The first kappa shape index (κ1) is 25.5. The Balaban J connectivity index is 1.76. The highest BCUT2D eigenvalue weighted by Gasteiger charge is 2.35. The van der Waals surface area contributed by atoms with Crippen LogP contribution in [0.25, 0.3) is 0 Å². The molecule has 2 amide bonds. The molecule has 5 nitrogen and oxygen atoms in total. The van der Waals surface area contributed by atoms with Crippen LogP contribution in [0.5, 0.6) is 0 Å². The lowest BCUT2D eigenvalue weighted by molar-refractivity contribution is -0.129. The van der Waals surface area contributed by atoms with E-state index >= 15 is 0 Å². The summed E-state index contributed by atoms with van der Waals surface area (Å²) in [5, 5.41) is 3.37. The van der Waals surface area contributed by atoms with Gasteiger partial charge < -0.3 is 5.32 Å². The van der Waals surface area contributed by atoms with Crippen LogP contribution in [0, 0.1) is 5.82 Å². The van der Waals surface area contributed by atoms with Crippen LogP contribution in [0.4, 0.5) is 15.8 Å². The van der Waals surface area contributed by atoms with Crippen molar-refractivity contribution in [2.24, 2.45) is 4.99 Å². The van der Waals surface area contributed by atoms with Gasteiger partial charge in [0.25, 0.3) is 0 Å². The number of thioether (sulfide) groups is 1. The maximum Gasteiger partial charge on any atom is 0.238 e. The van der Waals surface area contributed by atoms with E-state index < -0.39 is 5.25 Å². The van der Waals surface area contributed by atoms with Gasteiger partial charge in [-0.3, -0.25) is 14.5 Å². The zero-order valence-electron chi connectivity index (χ0n) is 18.3. The first-order valence-electron chi connectivity index (χ1n) is 10.9. The van der Waals surface area contributed by atoms with Crippen LogP contribution in [0.1, 0.15) is 45.4 Å². The third-order valence-electron chi connectivity index (χ3n) is 5.10. The number of hydrogen-bond acceptors (Lipinski definition) is 4. The van der Waals surface area contributed by atoms with Crippen LogP contribution in [0.3, 0.4) is 0 Å². The second-order valence-corrected chi connectivity index (χ2v) is 9.83. The maximum absolute atomic E-state index is 13.3. The van der Waals surface area contributed by atoms with Gasteiger partial charge in [0, 0.05) is 28.7 Å². The number of aliphatic imine (C=N–C) groups is 1. The molecule has 9 heteroatoms. The van der Waals surface area contributed by atoms with Crippen molar-refractivity contribution in [3.8, 4) is 0 Å². The molecule has 1 aliphatic heterocycles. The number of amides is 2. The van der Waals surface area contributed by atoms with Gasteiger partial charge in [-0.15, -0.1) is 0 Å². The van der Waals surface area contributed by atoms with E-state index in [4.69, 9.17) is 23.2 Å². The molecular formula is C24H26Cl2FN3O2S. The lowest BCUT2D eigenvalue weighted by Gasteiger charge is -2.32. The van der Waals surface area contributed by atoms with Crippen LogP contribution >= 0.6 is 35.0 Å². The molecule has 0 radical (unpaired) electrons. The van der Waals surface area contributed by atoms with Crippen LogP contribution in [-0.4, -0.2) is 33.7 Å². The number of rotatable bonds is 9. The third kappa shape index (κ3) is 7.73. The number of nitrogens with one attached hydrogen (secondary N) is 1. The molecule has 176 valence electrons. The molecule has 0 bridgehead atoms. The highest BCUT2D eigenvalue weighted by Crippen LogP contribution is 2.31. The molecule has 1 unspecified atom stereocenters. The van der Waals surface area contributed by atoms with Gasteiger partial charge in [0.05, 0.1) is 5.69 Å². The molecule has 3 rings (SSSR count). The summed E-state index contributed by atoms with van der Waals surface area (Å²) in [4.78, 5) is 32.1. The monoisotopic (exact) mass is 509 g/mol. The minimum absolute atomic E-state index is 0.0577. The van der Waals surface area contributed by atoms with Crippen LogP contribution in [0.2, 0.25) is 10.0 Å². The lowest BCUT2D eigenvalue weighted by Crippen LogP contribution is -2.45. The predicted octanol–water partition coefficient (Wildman–Crippen LogP) is 7.06. The SMILES string of the molecule is CCCCCCCN1C(=O)CC(C(=O)Nc2cc(Cl)cc(Cl)c2)SC1=Nc1ccc(F)cc1. The van der Waals surface area contributed by atoms with Crippen molar-refractivity contribution in [2.45, 2.75) is 50.7 Å². The standard InChI is InChI=1S/C24H26Cl2FN3O2S/c1-2-3-4-5-6-11-30-22(31)15-21(23(32)28-20-13-16(25)12-17(26)14-20)33-24(30)29-19-9-7-18(27)8-10-19/h7-10,12-14,21H,2-6,11,15H2,1H3,(H,28,32). The highest BCUT2D eigenvalue weighted by molar-refractivity contribution is 8.15. The molecular weight excluding hydrogens is 484 g/mol. The van der Waals surface area contributed by atoms with E-state index in [1.807, 2.05) is 0 Å². The van der Waals surface area contributed by atoms with E-state index in [9.17, 15) is 14.0 Å². The van der Waals surface area contributed by atoms with E-state index in [0.717, 1.165) is 32.1 Å². The fourth-order valence-corrected chi connectivity index (χ4v) is 5.06. The van der Waals surface area contributed by atoms with Gasteiger partial charge in [0.1, 0.15) is 11.1 Å². The number of benzene rings is 2. The van der Waals surface area contributed by atoms with Crippen molar-refractivity contribution in [1.82, 2.24) is 4.90 Å². The number of unbranched alkanes of at least 4 members (excludes halogenated alkanes) is 4.